The maximum absolute atomic E-state index is 13.1. The first-order valence-corrected chi connectivity index (χ1v) is 11.6. The van der Waals surface area contributed by atoms with Crippen LogP contribution in [0, 0.1) is 17.2 Å². The number of fused-ring (bicyclic) bond motifs is 1. The third-order valence-electron chi connectivity index (χ3n) is 6.11. The predicted octanol–water partition coefficient (Wildman–Crippen LogP) is 2.44. The van der Waals surface area contributed by atoms with Gasteiger partial charge in [0.1, 0.15) is 5.52 Å². The van der Waals surface area contributed by atoms with E-state index in [9.17, 15) is 14.7 Å². The first-order chi connectivity index (χ1) is 17.0. The lowest BCUT2D eigenvalue weighted by atomic mass is 9.98. The summed E-state index contributed by atoms with van der Waals surface area (Å²) in [6.07, 6.45) is 3.96. The number of nitriles is 1. The Labute approximate surface area is 203 Å². The van der Waals surface area contributed by atoms with Gasteiger partial charge in [-0.05, 0) is 49.4 Å². The number of ether oxygens (including phenoxy) is 1. The number of aliphatic hydroxyl groups is 1. The molecule has 0 saturated carbocycles. The number of rotatable bonds is 8. The molecule has 0 aliphatic carbocycles. The second-order valence-corrected chi connectivity index (χ2v) is 8.59. The van der Waals surface area contributed by atoms with E-state index in [1.54, 1.807) is 40.8 Å². The van der Waals surface area contributed by atoms with E-state index in [1.165, 1.54) is 12.3 Å². The molecule has 1 atom stereocenters. The van der Waals surface area contributed by atoms with Crippen molar-refractivity contribution < 1.29 is 19.4 Å². The Kier molecular flexibility index (Phi) is 7.70. The summed E-state index contributed by atoms with van der Waals surface area (Å²) in [6.45, 7) is 2.24. The SMILES string of the molecule is COCCCn1c(NC(=O)c2cccc(C#N)c2)nc2cc(C(=O)N3CCCC(CO)C3)cnc21. The van der Waals surface area contributed by atoms with Crippen molar-refractivity contribution in [1.82, 2.24) is 19.4 Å². The van der Waals surface area contributed by atoms with Crippen LogP contribution in [0.3, 0.4) is 0 Å². The minimum atomic E-state index is -0.398. The van der Waals surface area contributed by atoms with Crippen LogP contribution in [0.5, 0.6) is 0 Å². The fraction of sp³-hybridized carbons (Fsp3) is 0.400. The molecule has 10 heteroatoms. The molecule has 35 heavy (non-hydrogen) atoms. The average molecular weight is 477 g/mol. The minimum absolute atomic E-state index is 0.0628. The number of aromatic nitrogens is 3. The van der Waals surface area contributed by atoms with Gasteiger partial charge in [-0.3, -0.25) is 19.5 Å². The highest BCUT2D eigenvalue weighted by molar-refractivity contribution is 6.04. The minimum Gasteiger partial charge on any atom is -0.396 e. The van der Waals surface area contributed by atoms with Gasteiger partial charge in [0.05, 0.1) is 17.2 Å². The Balaban J connectivity index is 1.63. The number of pyridine rings is 1. The normalized spacial score (nSPS) is 15.7. The molecule has 0 radical (unpaired) electrons. The smallest absolute Gasteiger partial charge is 0.258 e. The van der Waals surface area contributed by atoms with Crippen LogP contribution in [-0.4, -0.2) is 69.8 Å². The Hall–Kier alpha value is -3.81. The molecule has 1 saturated heterocycles. The number of imidazole rings is 1. The van der Waals surface area contributed by atoms with E-state index < -0.39 is 5.91 Å². The molecule has 182 valence electrons. The summed E-state index contributed by atoms with van der Waals surface area (Å²) in [5.41, 5.74) is 2.18. The number of benzene rings is 1. The van der Waals surface area contributed by atoms with Crippen molar-refractivity contribution in [3.05, 3.63) is 53.2 Å². The summed E-state index contributed by atoms with van der Waals surface area (Å²) < 4.78 is 6.95. The highest BCUT2D eigenvalue weighted by atomic mass is 16.5. The number of aryl methyl sites for hydroxylation is 1. The van der Waals surface area contributed by atoms with E-state index in [-0.39, 0.29) is 18.4 Å². The number of piperidine rings is 1. The molecule has 2 amide bonds. The van der Waals surface area contributed by atoms with Crippen LogP contribution in [0.4, 0.5) is 5.95 Å². The summed E-state index contributed by atoms with van der Waals surface area (Å²) in [7, 11) is 1.62. The highest BCUT2D eigenvalue weighted by Gasteiger charge is 2.25. The summed E-state index contributed by atoms with van der Waals surface area (Å²) in [6, 6.07) is 10.1. The van der Waals surface area contributed by atoms with Gasteiger partial charge in [-0.25, -0.2) is 9.97 Å². The molecular formula is C25H28N6O4. The number of aliphatic hydroxyl groups excluding tert-OH is 1. The number of carbonyl (C=O) groups excluding carboxylic acids is 2. The van der Waals surface area contributed by atoms with E-state index >= 15 is 0 Å². The molecule has 1 aromatic carbocycles. The second-order valence-electron chi connectivity index (χ2n) is 8.59. The first-order valence-electron chi connectivity index (χ1n) is 11.6. The lowest BCUT2D eigenvalue weighted by Crippen LogP contribution is -2.41. The number of amides is 2. The molecule has 1 aliphatic heterocycles. The Morgan fingerprint density at radius 2 is 2.17 bits per heavy atom. The molecule has 1 fully saturated rings. The van der Waals surface area contributed by atoms with E-state index in [0.29, 0.717) is 66.5 Å². The molecule has 10 nitrogen and oxygen atoms in total. The molecule has 1 aliphatic rings. The van der Waals surface area contributed by atoms with Crippen LogP contribution in [-0.2, 0) is 11.3 Å². The number of nitrogens with zero attached hydrogens (tertiary/aromatic N) is 5. The zero-order valence-corrected chi connectivity index (χ0v) is 19.6. The van der Waals surface area contributed by atoms with Crippen LogP contribution < -0.4 is 5.32 Å². The van der Waals surface area contributed by atoms with E-state index in [4.69, 9.17) is 10.00 Å². The molecule has 4 rings (SSSR count). The predicted molar refractivity (Wildman–Crippen MR) is 129 cm³/mol. The van der Waals surface area contributed by atoms with Gasteiger partial charge < -0.3 is 14.7 Å². The monoisotopic (exact) mass is 476 g/mol. The van der Waals surface area contributed by atoms with Crippen molar-refractivity contribution in [3.8, 4) is 6.07 Å². The third kappa shape index (κ3) is 5.48. The maximum Gasteiger partial charge on any atom is 0.258 e. The Morgan fingerprint density at radius 3 is 2.94 bits per heavy atom. The van der Waals surface area contributed by atoms with Gasteiger partial charge in [0.25, 0.3) is 11.8 Å². The molecule has 0 bridgehead atoms. The maximum atomic E-state index is 13.1. The van der Waals surface area contributed by atoms with Crippen molar-refractivity contribution in [3.63, 3.8) is 0 Å². The average Bonchev–Trinajstić information content (AvgIpc) is 3.24. The Bertz CT molecular complexity index is 1260. The van der Waals surface area contributed by atoms with Crippen LogP contribution in [0.1, 0.15) is 45.5 Å². The third-order valence-corrected chi connectivity index (χ3v) is 6.11. The zero-order chi connectivity index (χ0) is 24.8. The second kappa shape index (κ2) is 11.1. The molecule has 1 unspecified atom stereocenters. The van der Waals surface area contributed by atoms with Gasteiger partial charge >= 0.3 is 0 Å². The zero-order valence-electron chi connectivity index (χ0n) is 19.6. The quantitative estimate of drug-likeness (QED) is 0.477. The fourth-order valence-corrected chi connectivity index (χ4v) is 4.29. The van der Waals surface area contributed by atoms with Gasteiger partial charge in [-0.2, -0.15) is 5.26 Å². The summed E-state index contributed by atoms with van der Waals surface area (Å²) in [5, 5.41) is 21.4. The molecule has 3 aromatic rings. The largest absolute Gasteiger partial charge is 0.396 e. The molecule has 3 heterocycles. The lowest BCUT2D eigenvalue weighted by Gasteiger charge is -2.31. The van der Waals surface area contributed by atoms with E-state index in [2.05, 4.69) is 15.3 Å². The standard InChI is InChI=1S/C25H28N6O4/c1-35-10-4-9-31-22-21(28-25(31)29-23(33)19-7-2-5-17(11-19)13-26)12-20(14-27-22)24(34)30-8-3-6-18(15-30)16-32/h2,5,7,11-12,14,18,32H,3-4,6,8-10,15-16H2,1H3,(H,28,29,33). The molecule has 0 spiro atoms. The van der Waals surface area contributed by atoms with Gasteiger partial charge in [0.2, 0.25) is 5.95 Å². The number of anilines is 1. The van der Waals surface area contributed by atoms with Crippen molar-refractivity contribution in [2.75, 3.05) is 38.7 Å². The number of hydrogen-bond acceptors (Lipinski definition) is 7. The summed E-state index contributed by atoms with van der Waals surface area (Å²) >= 11 is 0. The number of hydrogen-bond donors (Lipinski definition) is 2. The molecular weight excluding hydrogens is 448 g/mol. The van der Waals surface area contributed by atoms with Crippen molar-refractivity contribution in [1.29, 1.82) is 5.26 Å². The van der Waals surface area contributed by atoms with Gasteiger partial charge in [-0.15, -0.1) is 0 Å². The topological polar surface area (TPSA) is 133 Å². The van der Waals surface area contributed by atoms with Crippen molar-refractivity contribution in [2.24, 2.45) is 5.92 Å². The highest BCUT2D eigenvalue weighted by Crippen LogP contribution is 2.23. The van der Waals surface area contributed by atoms with Crippen molar-refractivity contribution >= 4 is 28.9 Å². The van der Waals surface area contributed by atoms with Crippen LogP contribution in [0.25, 0.3) is 11.2 Å². The van der Waals surface area contributed by atoms with Crippen LogP contribution in [0.2, 0.25) is 0 Å². The summed E-state index contributed by atoms with van der Waals surface area (Å²) in [4.78, 5) is 36.8. The lowest BCUT2D eigenvalue weighted by molar-refractivity contribution is 0.0620. The number of likely N-dealkylation sites (tertiary alicyclic amines) is 1. The first kappa shape index (κ1) is 24.3. The van der Waals surface area contributed by atoms with Crippen LogP contribution >= 0.6 is 0 Å². The van der Waals surface area contributed by atoms with E-state index in [1.807, 2.05) is 6.07 Å². The van der Waals surface area contributed by atoms with Gasteiger partial charge in [0.15, 0.2) is 5.65 Å². The van der Waals surface area contributed by atoms with Crippen LogP contribution in [0.15, 0.2) is 36.5 Å². The summed E-state index contributed by atoms with van der Waals surface area (Å²) in [5.74, 6) is -0.153. The van der Waals surface area contributed by atoms with Crippen molar-refractivity contribution in [2.45, 2.75) is 25.8 Å². The molecule has 2 N–H and O–H groups in total. The van der Waals surface area contributed by atoms with E-state index in [0.717, 1.165) is 12.8 Å². The van der Waals surface area contributed by atoms with Gasteiger partial charge in [0, 0.05) is 51.7 Å². The number of nitrogens with one attached hydrogen (secondary N) is 1. The Morgan fingerprint density at radius 1 is 1.31 bits per heavy atom. The molecule has 2 aromatic heterocycles. The fourth-order valence-electron chi connectivity index (χ4n) is 4.29. The number of carbonyl (C=O) groups is 2. The van der Waals surface area contributed by atoms with Gasteiger partial charge in [-0.1, -0.05) is 6.07 Å². The number of methoxy groups -OCH3 is 1.